The van der Waals surface area contributed by atoms with Crippen molar-refractivity contribution in [2.24, 2.45) is 39.4 Å². The van der Waals surface area contributed by atoms with Gasteiger partial charge in [0.1, 0.15) is 30.8 Å². The molecule has 0 bridgehead atoms. The minimum Gasteiger partial charge on any atom is -0.467 e. The van der Waals surface area contributed by atoms with Crippen LogP contribution in [0, 0.1) is 39.4 Å². The number of esters is 5. The molecule has 0 aromatic rings. The van der Waals surface area contributed by atoms with E-state index < -0.39 is 93.0 Å². The first kappa shape index (κ1) is 35.9. The van der Waals surface area contributed by atoms with Crippen molar-refractivity contribution in [1.29, 1.82) is 0 Å². The lowest BCUT2D eigenvalue weighted by atomic mass is 9.32. The van der Waals surface area contributed by atoms with Crippen molar-refractivity contribution < 1.29 is 57.5 Å². The van der Waals surface area contributed by atoms with Crippen LogP contribution in [0.5, 0.6) is 0 Å². The maximum absolute atomic E-state index is 13.7. The van der Waals surface area contributed by atoms with Gasteiger partial charge in [0.2, 0.25) is 5.60 Å². The number of rotatable bonds is 6. The number of ether oxygens (including phenoxy) is 6. The van der Waals surface area contributed by atoms with Crippen LogP contribution < -0.4 is 0 Å². The number of alkyl halides is 1. The van der Waals surface area contributed by atoms with Crippen molar-refractivity contribution in [1.82, 2.24) is 0 Å². The number of methoxy groups -OCH3 is 1. The molecule has 1 N–H and O–H groups in total. The average Bonchev–Trinajstić information content (AvgIpc) is 3.82. The average molecular weight is 707 g/mol. The van der Waals surface area contributed by atoms with Gasteiger partial charge in [0.25, 0.3) is 0 Å². The highest BCUT2D eigenvalue weighted by molar-refractivity contribution is 6.26. The Morgan fingerprint density at radius 1 is 1.06 bits per heavy atom. The van der Waals surface area contributed by atoms with Gasteiger partial charge in [-0.1, -0.05) is 26.5 Å². The largest absolute Gasteiger partial charge is 0.467 e. The molecule has 13 atom stereocenters. The SMILES string of the molecule is C=C1C[C@@]2(O)C3CC[C@]4(C)C(CC[C@@]5(C(C)OC(=O)CCl)COC(=O)C=C[C@H]54)[C@@]3(C)[C@H](OC(C)=O)[C@H](OC(C)=O)[C@@]2(C)[C@]2(C(=O)OC)O[C@H]12. The van der Waals surface area contributed by atoms with E-state index in [1.54, 1.807) is 13.8 Å². The number of epoxide rings is 1. The van der Waals surface area contributed by atoms with Crippen LogP contribution in [0.3, 0.4) is 0 Å². The normalized spacial score (nSPS) is 46.9. The summed E-state index contributed by atoms with van der Waals surface area (Å²) in [4.78, 5) is 64.9. The second-order valence-corrected chi connectivity index (χ2v) is 16.0. The Morgan fingerprint density at radius 2 is 1.69 bits per heavy atom. The van der Waals surface area contributed by atoms with E-state index in [-0.39, 0.29) is 30.7 Å². The number of fused-ring (bicyclic) bond motifs is 9. The Kier molecular flexibility index (Phi) is 8.44. The van der Waals surface area contributed by atoms with E-state index in [2.05, 4.69) is 13.5 Å². The fourth-order valence-corrected chi connectivity index (χ4v) is 11.9. The number of hydrogen-bond donors (Lipinski definition) is 1. The van der Waals surface area contributed by atoms with Crippen LogP contribution in [0.1, 0.15) is 73.6 Å². The Morgan fingerprint density at radius 3 is 2.31 bits per heavy atom. The van der Waals surface area contributed by atoms with Crippen LogP contribution in [0.2, 0.25) is 0 Å². The molecule has 6 rings (SSSR count). The zero-order valence-electron chi connectivity index (χ0n) is 29.2. The molecule has 49 heavy (non-hydrogen) atoms. The molecule has 2 heterocycles. The molecule has 6 aliphatic rings. The third kappa shape index (κ3) is 4.51. The van der Waals surface area contributed by atoms with E-state index in [0.29, 0.717) is 31.3 Å². The van der Waals surface area contributed by atoms with Crippen molar-refractivity contribution in [2.75, 3.05) is 19.6 Å². The number of hydrogen-bond acceptors (Lipinski definition) is 12. The monoisotopic (exact) mass is 706 g/mol. The molecule has 0 aromatic carbocycles. The predicted octanol–water partition coefficient (Wildman–Crippen LogP) is 3.59. The molecular formula is C36H47ClO12. The van der Waals surface area contributed by atoms with Crippen LogP contribution in [-0.2, 0) is 52.4 Å². The summed E-state index contributed by atoms with van der Waals surface area (Å²) in [7, 11) is 1.23. The van der Waals surface area contributed by atoms with E-state index in [1.165, 1.54) is 27.0 Å². The van der Waals surface area contributed by atoms with Gasteiger partial charge in [-0.25, -0.2) is 9.59 Å². The summed E-state index contributed by atoms with van der Waals surface area (Å²) in [5.41, 5.74) is -7.06. The number of cyclic esters (lactones) is 1. The first-order valence-electron chi connectivity index (χ1n) is 17.0. The lowest BCUT2D eigenvalue weighted by Gasteiger charge is -2.73. The van der Waals surface area contributed by atoms with E-state index in [4.69, 9.17) is 40.0 Å². The minimum absolute atomic E-state index is 0.00828. The summed E-state index contributed by atoms with van der Waals surface area (Å²) in [5.74, 6) is -4.74. The van der Waals surface area contributed by atoms with Gasteiger partial charge in [0, 0.05) is 37.2 Å². The Balaban J connectivity index is 1.56. The van der Waals surface area contributed by atoms with Crippen molar-refractivity contribution in [3.05, 3.63) is 24.3 Å². The standard InChI is InChI=1S/C36H47ClO12/c1-18-15-35(43)24-11-13-31(5)22(12-14-34(19(2)46-26(41)16-37)17-45-25(40)10-9-23(31)34)32(24,6)28(47-20(3)38)29(48-21(4)39)33(35,7)36(27(18)49-36)30(42)44-8/h9-10,19,22-24,27-29,43H,1,11-17H2,2-8H3/t19?,22?,23-,24?,27+,28+,29-,31+,32+,33+,34-,35+,36-/m0/s1. The van der Waals surface area contributed by atoms with Crippen molar-refractivity contribution in [3.63, 3.8) is 0 Å². The second-order valence-electron chi connectivity index (χ2n) is 15.7. The molecule has 0 aromatic heterocycles. The van der Waals surface area contributed by atoms with Gasteiger partial charge in [0.15, 0.2) is 6.10 Å². The summed E-state index contributed by atoms with van der Waals surface area (Å²) in [6.45, 7) is 14.3. The van der Waals surface area contributed by atoms with Gasteiger partial charge in [-0.05, 0) is 68.3 Å². The van der Waals surface area contributed by atoms with Gasteiger partial charge < -0.3 is 33.5 Å². The smallest absolute Gasteiger partial charge is 0.342 e. The zero-order valence-corrected chi connectivity index (χ0v) is 29.9. The molecule has 2 aliphatic heterocycles. The maximum Gasteiger partial charge on any atom is 0.342 e. The topological polar surface area (TPSA) is 164 Å². The quantitative estimate of drug-likeness (QED) is 0.141. The van der Waals surface area contributed by atoms with Gasteiger partial charge in [-0.2, -0.15) is 0 Å². The van der Waals surface area contributed by atoms with E-state index in [1.807, 2.05) is 13.0 Å². The maximum atomic E-state index is 13.7. The molecule has 3 unspecified atom stereocenters. The molecule has 0 spiro atoms. The molecule has 13 heteroatoms. The number of aliphatic hydroxyl groups is 1. The molecular weight excluding hydrogens is 660 g/mol. The van der Waals surface area contributed by atoms with Gasteiger partial charge in [-0.15, -0.1) is 11.6 Å². The van der Waals surface area contributed by atoms with Crippen molar-refractivity contribution >= 4 is 41.4 Å². The van der Waals surface area contributed by atoms with Crippen LogP contribution in [0.4, 0.5) is 0 Å². The second kappa shape index (κ2) is 11.5. The third-order valence-corrected chi connectivity index (χ3v) is 14.1. The zero-order chi connectivity index (χ0) is 36.1. The first-order chi connectivity index (χ1) is 22.8. The lowest BCUT2D eigenvalue weighted by molar-refractivity contribution is -0.336. The summed E-state index contributed by atoms with van der Waals surface area (Å²) in [5, 5.41) is 13.3. The highest BCUT2D eigenvalue weighted by Gasteiger charge is 2.90. The first-order valence-corrected chi connectivity index (χ1v) is 17.5. The number of allylic oxidation sites excluding steroid dienone is 1. The van der Waals surface area contributed by atoms with Gasteiger partial charge >= 0.3 is 29.8 Å². The number of halogens is 1. The Hall–Kier alpha value is -2.96. The lowest BCUT2D eigenvalue weighted by Crippen LogP contribution is -2.82. The van der Waals surface area contributed by atoms with Crippen LogP contribution in [-0.4, -0.2) is 90.2 Å². The summed E-state index contributed by atoms with van der Waals surface area (Å²) in [6.07, 6.45) is 1.28. The van der Waals surface area contributed by atoms with E-state index in [0.717, 1.165) is 0 Å². The van der Waals surface area contributed by atoms with Gasteiger partial charge in [0.05, 0.1) is 18.1 Å². The summed E-state index contributed by atoms with van der Waals surface area (Å²) in [6, 6.07) is 0. The Bertz CT molecular complexity index is 1530. The fourth-order valence-electron chi connectivity index (χ4n) is 11.9. The molecule has 0 radical (unpaired) electrons. The number of carbonyl (C=O) groups is 5. The van der Waals surface area contributed by atoms with E-state index in [9.17, 15) is 29.1 Å². The van der Waals surface area contributed by atoms with Crippen LogP contribution >= 0.6 is 11.6 Å². The molecule has 4 saturated carbocycles. The summed E-state index contributed by atoms with van der Waals surface area (Å²) >= 11 is 5.83. The van der Waals surface area contributed by atoms with Crippen molar-refractivity contribution in [3.8, 4) is 0 Å². The molecule has 5 fully saturated rings. The highest BCUT2D eigenvalue weighted by Crippen LogP contribution is 2.78. The minimum atomic E-state index is -1.74. The molecule has 0 amide bonds. The Labute approximate surface area is 291 Å². The third-order valence-electron chi connectivity index (χ3n) is 13.9. The predicted molar refractivity (Wildman–Crippen MR) is 171 cm³/mol. The molecule has 12 nitrogen and oxygen atoms in total. The number of carbonyl (C=O) groups excluding carboxylic acids is 5. The molecule has 4 aliphatic carbocycles. The summed E-state index contributed by atoms with van der Waals surface area (Å²) < 4.78 is 35.4. The van der Waals surface area contributed by atoms with Crippen molar-refractivity contribution in [2.45, 2.75) is 109 Å². The fraction of sp³-hybridized carbons (Fsp3) is 0.750. The van der Waals surface area contributed by atoms with Crippen LogP contribution in [0.25, 0.3) is 0 Å². The van der Waals surface area contributed by atoms with E-state index >= 15 is 0 Å². The molecule has 1 saturated heterocycles. The van der Waals surface area contributed by atoms with Gasteiger partial charge in [-0.3, -0.25) is 14.4 Å². The molecule has 270 valence electrons. The van der Waals surface area contributed by atoms with Crippen LogP contribution in [0.15, 0.2) is 24.3 Å². The highest BCUT2D eigenvalue weighted by atomic mass is 35.5.